The SMILES string of the molecule is CC(CN(CC(F)(F)F)C(C)C)C(O)c1ccccc1F. The number of rotatable bonds is 6. The molecule has 6 heteroatoms. The molecule has 1 aromatic rings. The highest BCUT2D eigenvalue weighted by molar-refractivity contribution is 5.20. The van der Waals surface area contributed by atoms with Gasteiger partial charge in [0.05, 0.1) is 12.6 Å². The number of alkyl halides is 3. The Morgan fingerprint density at radius 3 is 2.19 bits per heavy atom. The standard InChI is InChI=1S/C15H21F4NO/c1-10(2)20(9-15(17,18)19)8-11(3)14(21)12-6-4-5-7-13(12)16/h4-7,10-11,14,21H,8-9H2,1-3H3. The number of aliphatic hydroxyl groups is 1. The molecule has 0 fully saturated rings. The zero-order valence-electron chi connectivity index (χ0n) is 12.4. The summed E-state index contributed by atoms with van der Waals surface area (Å²) in [6.07, 6.45) is -5.44. The van der Waals surface area contributed by atoms with E-state index in [-0.39, 0.29) is 18.2 Å². The van der Waals surface area contributed by atoms with E-state index in [1.54, 1.807) is 26.8 Å². The number of benzene rings is 1. The van der Waals surface area contributed by atoms with Gasteiger partial charge in [0.15, 0.2) is 0 Å². The molecule has 2 atom stereocenters. The van der Waals surface area contributed by atoms with Gasteiger partial charge in [-0.25, -0.2) is 4.39 Å². The fourth-order valence-electron chi connectivity index (χ4n) is 2.18. The first-order chi connectivity index (χ1) is 9.61. The Balaban J connectivity index is 2.77. The second kappa shape index (κ2) is 7.22. The highest BCUT2D eigenvalue weighted by Crippen LogP contribution is 2.26. The summed E-state index contributed by atoms with van der Waals surface area (Å²) >= 11 is 0. The quantitative estimate of drug-likeness (QED) is 0.809. The van der Waals surface area contributed by atoms with Gasteiger partial charge in [-0.2, -0.15) is 13.2 Å². The van der Waals surface area contributed by atoms with Gasteiger partial charge in [-0.15, -0.1) is 0 Å². The number of aliphatic hydroxyl groups excluding tert-OH is 1. The van der Waals surface area contributed by atoms with Gasteiger partial charge in [0.25, 0.3) is 0 Å². The zero-order valence-corrected chi connectivity index (χ0v) is 12.4. The number of hydrogen-bond acceptors (Lipinski definition) is 2. The monoisotopic (exact) mass is 307 g/mol. The topological polar surface area (TPSA) is 23.5 Å². The van der Waals surface area contributed by atoms with Crippen molar-refractivity contribution in [3.63, 3.8) is 0 Å². The van der Waals surface area contributed by atoms with Crippen molar-refractivity contribution < 1.29 is 22.7 Å². The van der Waals surface area contributed by atoms with Crippen molar-refractivity contribution in [2.24, 2.45) is 5.92 Å². The van der Waals surface area contributed by atoms with E-state index in [1.807, 2.05) is 0 Å². The molecule has 120 valence electrons. The van der Waals surface area contributed by atoms with E-state index >= 15 is 0 Å². The summed E-state index contributed by atoms with van der Waals surface area (Å²) in [7, 11) is 0. The molecule has 0 radical (unpaired) electrons. The molecule has 2 unspecified atom stereocenters. The van der Waals surface area contributed by atoms with Crippen molar-refractivity contribution in [3.8, 4) is 0 Å². The van der Waals surface area contributed by atoms with Gasteiger partial charge < -0.3 is 5.11 Å². The second-order valence-corrected chi connectivity index (χ2v) is 5.58. The maximum Gasteiger partial charge on any atom is 0.401 e. The van der Waals surface area contributed by atoms with Gasteiger partial charge in [0.1, 0.15) is 5.82 Å². The lowest BCUT2D eigenvalue weighted by Crippen LogP contribution is -2.42. The van der Waals surface area contributed by atoms with Gasteiger partial charge in [-0.1, -0.05) is 25.1 Å². The number of nitrogens with zero attached hydrogens (tertiary/aromatic N) is 1. The van der Waals surface area contributed by atoms with Crippen molar-refractivity contribution in [1.82, 2.24) is 4.90 Å². The Labute approximate surface area is 122 Å². The van der Waals surface area contributed by atoms with Crippen LogP contribution in [0.15, 0.2) is 24.3 Å². The predicted octanol–water partition coefficient (Wildman–Crippen LogP) is 3.77. The Morgan fingerprint density at radius 1 is 1.14 bits per heavy atom. The van der Waals surface area contributed by atoms with Crippen LogP contribution < -0.4 is 0 Å². The lowest BCUT2D eigenvalue weighted by molar-refractivity contribution is -0.152. The van der Waals surface area contributed by atoms with Crippen LogP contribution in [-0.4, -0.2) is 35.3 Å². The molecule has 0 heterocycles. The molecule has 1 N–H and O–H groups in total. The zero-order chi connectivity index (χ0) is 16.2. The van der Waals surface area contributed by atoms with E-state index in [0.717, 1.165) is 0 Å². The van der Waals surface area contributed by atoms with E-state index in [1.165, 1.54) is 23.1 Å². The molecule has 0 amide bonds. The van der Waals surface area contributed by atoms with Crippen LogP contribution in [0.2, 0.25) is 0 Å². The fraction of sp³-hybridized carbons (Fsp3) is 0.600. The van der Waals surface area contributed by atoms with E-state index in [9.17, 15) is 22.7 Å². The molecular weight excluding hydrogens is 286 g/mol. The maximum atomic E-state index is 13.6. The predicted molar refractivity (Wildman–Crippen MR) is 73.3 cm³/mol. The van der Waals surface area contributed by atoms with Crippen molar-refractivity contribution in [2.45, 2.75) is 39.1 Å². The van der Waals surface area contributed by atoms with Crippen molar-refractivity contribution in [3.05, 3.63) is 35.6 Å². The number of hydrogen-bond donors (Lipinski definition) is 1. The molecule has 0 aliphatic rings. The highest BCUT2D eigenvalue weighted by Gasteiger charge is 2.33. The van der Waals surface area contributed by atoms with Crippen LogP contribution in [0.1, 0.15) is 32.4 Å². The maximum absolute atomic E-state index is 13.6. The van der Waals surface area contributed by atoms with Crippen LogP contribution in [-0.2, 0) is 0 Å². The lowest BCUT2D eigenvalue weighted by Gasteiger charge is -2.31. The summed E-state index contributed by atoms with van der Waals surface area (Å²) in [6, 6.07) is 5.44. The van der Waals surface area contributed by atoms with Crippen LogP contribution in [0.3, 0.4) is 0 Å². The Kier molecular flexibility index (Phi) is 6.16. The van der Waals surface area contributed by atoms with Gasteiger partial charge >= 0.3 is 6.18 Å². The largest absolute Gasteiger partial charge is 0.401 e. The van der Waals surface area contributed by atoms with Crippen molar-refractivity contribution in [1.29, 1.82) is 0 Å². The number of halogens is 4. The Hall–Kier alpha value is -1.14. The van der Waals surface area contributed by atoms with Gasteiger partial charge in [0, 0.05) is 18.2 Å². The molecule has 0 spiro atoms. The molecule has 0 aromatic heterocycles. The third-order valence-electron chi connectivity index (χ3n) is 3.40. The normalized spacial score (nSPS) is 15.5. The average Bonchev–Trinajstić information content (AvgIpc) is 2.36. The smallest absolute Gasteiger partial charge is 0.388 e. The molecule has 0 bridgehead atoms. The third-order valence-corrected chi connectivity index (χ3v) is 3.40. The second-order valence-electron chi connectivity index (χ2n) is 5.58. The third kappa shape index (κ3) is 5.63. The van der Waals surface area contributed by atoms with E-state index in [0.29, 0.717) is 0 Å². The molecule has 0 saturated heterocycles. The minimum Gasteiger partial charge on any atom is -0.388 e. The Bertz CT molecular complexity index is 448. The van der Waals surface area contributed by atoms with E-state index < -0.39 is 30.6 Å². The first-order valence-electron chi connectivity index (χ1n) is 6.85. The summed E-state index contributed by atoms with van der Waals surface area (Å²) in [6.45, 7) is 3.93. The summed E-state index contributed by atoms with van der Waals surface area (Å²) < 4.78 is 51.2. The van der Waals surface area contributed by atoms with Crippen molar-refractivity contribution >= 4 is 0 Å². The molecule has 1 rings (SSSR count). The molecule has 0 saturated carbocycles. The van der Waals surface area contributed by atoms with Crippen LogP contribution in [0.4, 0.5) is 17.6 Å². The Morgan fingerprint density at radius 2 is 1.71 bits per heavy atom. The highest BCUT2D eigenvalue weighted by atomic mass is 19.4. The minimum atomic E-state index is -4.30. The lowest BCUT2D eigenvalue weighted by atomic mass is 9.96. The minimum absolute atomic E-state index is 0.0344. The summed E-state index contributed by atoms with van der Waals surface area (Å²) in [5, 5.41) is 10.2. The molecular formula is C15H21F4NO. The van der Waals surface area contributed by atoms with Crippen molar-refractivity contribution in [2.75, 3.05) is 13.1 Å². The van der Waals surface area contributed by atoms with Crippen LogP contribution in [0.5, 0.6) is 0 Å². The summed E-state index contributed by atoms with van der Waals surface area (Å²) in [5.41, 5.74) is 0.112. The van der Waals surface area contributed by atoms with Crippen LogP contribution >= 0.6 is 0 Å². The fourth-order valence-corrected chi connectivity index (χ4v) is 2.18. The van der Waals surface area contributed by atoms with Crippen LogP contribution in [0.25, 0.3) is 0 Å². The van der Waals surface area contributed by atoms with Gasteiger partial charge in [-0.3, -0.25) is 4.90 Å². The molecule has 1 aromatic carbocycles. The average molecular weight is 307 g/mol. The van der Waals surface area contributed by atoms with E-state index in [4.69, 9.17) is 0 Å². The van der Waals surface area contributed by atoms with Gasteiger partial charge in [-0.05, 0) is 25.8 Å². The summed E-state index contributed by atoms with van der Waals surface area (Å²) in [4.78, 5) is 1.23. The molecule has 2 nitrogen and oxygen atoms in total. The van der Waals surface area contributed by atoms with E-state index in [2.05, 4.69) is 0 Å². The first-order valence-corrected chi connectivity index (χ1v) is 6.85. The summed E-state index contributed by atoms with van der Waals surface area (Å²) in [5.74, 6) is -1.07. The van der Waals surface area contributed by atoms with Gasteiger partial charge in [0.2, 0.25) is 0 Å². The van der Waals surface area contributed by atoms with Crippen LogP contribution in [0, 0.1) is 11.7 Å². The first kappa shape index (κ1) is 17.9. The molecule has 0 aliphatic heterocycles. The molecule has 0 aliphatic carbocycles. The molecule has 21 heavy (non-hydrogen) atoms.